The molecule has 5 rings (SSSR count). The fraction of sp³-hybridized carbons (Fsp3) is 0.214. The van der Waals surface area contributed by atoms with E-state index in [-0.39, 0.29) is 5.91 Å². The van der Waals surface area contributed by atoms with Crippen molar-refractivity contribution >= 4 is 28.1 Å². The van der Waals surface area contributed by atoms with Gasteiger partial charge in [-0.1, -0.05) is 24.3 Å². The smallest absolute Gasteiger partial charge is 0.255 e. The van der Waals surface area contributed by atoms with Gasteiger partial charge in [0.2, 0.25) is 0 Å². The van der Waals surface area contributed by atoms with Crippen LogP contribution in [0.2, 0.25) is 0 Å². The van der Waals surface area contributed by atoms with Crippen molar-refractivity contribution in [1.29, 1.82) is 0 Å². The topological polar surface area (TPSA) is 54.5 Å². The SMILES string of the molecule is O=C(Nc1ccc(OCc2ccncc2)c2ccccc12)c1cc(F)cc(N2CCCCC2)c1. The van der Waals surface area contributed by atoms with E-state index in [0.29, 0.717) is 17.9 Å². The van der Waals surface area contributed by atoms with E-state index < -0.39 is 5.82 Å². The largest absolute Gasteiger partial charge is 0.488 e. The molecule has 1 aromatic heterocycles. The first-order valence-corrected chi connectivity index (χ1v) is 11.6. The van der Waals surface area contributed by atoms with Crippen LogP contribution in [0.3, 0.4) is 0 Å². The van der Waals surface area contributed by atoms with Crippen molar-refractivity contribution in [3.63, 3.8) is 0 Å². The molecule has 0 radical (unpaired) electrons. The zero-order valence-corrected chi connectivity index (χ0v) is 18.8. The Hall–Kier alpha value is -3.93. The number of benzene rings is 3. The van der Waals surface area contributed by atoms with Crippen LogP contribution in [-0.4, -0.2) is 24.0 Å². The summed E-state index contributed by atoms with van der Waals surface area (Å²) in [6.45, 7) is 2.19. The number of carbonyl (C=O) groups is 1. The highest BCUT2D eigenvalue weighted by atomic mass is 19.1. The Balaban J connectivity index is 1.39. The summed E-state index contributed by atoms with van der Waals surface area (Å²) < 4.78 is 20.4. The van der Waals surface area contributed by atoms with Crippen molar-refractivity contribution in [1.82, 2.24) is 4.98 Å². The molecule has 0 bridgehead atoms. The van der Waals surface area contributed by atoms with Gasteiger partial charge in [-0.3, -0.25) is 9.78 Å². The molecule has 34 heavy (non-hydrogen) atoms. The van der Waals surface area contributed by atoms with Gasteiger partial charge >= 0.3 is 0 Å². The summed E-state index contributed by atoms with van der Waals surface area (Å²) in [6, 6.07) is 19.8. The fourth-order valence-electron chi connectivity index (χ4n) is 4.38. The Labute approximate surface area is 198 Å². The van der Waals surface area contributed by atoms with Crippen molar-refractivity contribution < 1.29 is 13.9 Å². The predicted octanol–water partition coefficient (Wildman–Crippen LogP) is 6.20. The summed E-state index contributed by atoms with van der Waals surface area (Å²) in [6.07, 6.45) is 6.82. The summed E-state index contributed by atoms with van der Waals surface area (Å²) >= 11 is 0. The van der Waals surface area contributed by atoms with Crippen LogP contribution in [0.5, 0.6) is 5.75 Å². The number of anilines is 2. The third-order valence-corrected chi connectivity index (χ3v) is 6.14. The maximum atomic E-state index is 14.4. The third-order valence-electron chi connectivity index (χ3n) is 6.14. The minimum Gasteiger partial charge on any atom is -0.488 e. The fourth-order valence-corrected chi connectivity index (χ4v) is 4.38. The molecule has 0 atom stereocenters. The average molecular weight is 456 g/mol. The number of ether oxygens (including phenoxy) is 1. The van der Waals surface area contributed by atoms with E-state index >= 15 is 0 Å². The van der Waals surface area contributed by atoms with E-state index in [9.17, 15) is 9.18 Å². The zero-order valence-electron chi connectivity index (χ0n) is 18.8. The lowest BCUT2D eigenvalue weighted by atomic mass is 10.1. The quantitative estimate of drug-likeness (QED) is 0.376. The van der Waals surface area contributed by atoms with Crippen molar-refractivity contribution in [3.05, 3.63) is 96.1 Å². The number of carbonyl (C=O) groups excluding carboxylic acids is 1. The van der Waals surface area contributed by atoms with Gasteiger partial charge in [-0.25, -0.2) is 4.39 Å². The van der Waals surface area contributed by atoms with Crippen LogP contribution < -0.4 is 15.0 Å². The second-order valence-corrected chi connectivity index (χ2v) is 8.50. The lowest BCUT2D eigenvalue weighted by Crippen LogP contribution is -2.29. The number of nitrogens with one attached hydrogen (secondary N) is 1. The number of fused-ring (bicyclic) bond motifs is 1. The lowest BCUT2D eigenvalue weighted by Gasteiger charge is -2.29. The number of hydrogen-bond acceptors (Lipinski definition) is 4. The zero-order chi connectivity index (χ0) is 23.3. The van der Waals surface area contributed by atoms with E-state index in [4.69, 9.17) is 4.74 Å². The van der Waals surface area contributed by atoms with Crippen LogP contribution in [-0.2, 0) is 6.61 Å². The van der Waals surface area contributed by atoms with Gasteiger partial charge in [-0.15, -0.1) is 0 Å². The van der Waals surface area contributed by atoms with Gasteiger partial charge in [0.25, 0.3) is 5.91 Å². The number of pyridine rings is 1. The van der Waals surface area contributed by atoms with Gasteiger partial charge in [-0.05, 0) is 67.3 Å². The molecule has 6 heteroatoms. The molecule has 1 saturated heterocycles. The number of aromatic nitrogens is 1. The average Bonchev–Trinajstić information content (AvgIpc) is 2.89. The highest BCUT2D eigenvalue weighted by molar-refractivity contribution is 6.10. The van der Waals surface area contributed by atoms with Gasteiger partial charge in [0.15, 0.2) is 0 Å². The van der Waals surface area contributed by atoms with Crippen molar-refractivity contribution in [2.75, 3.05) is 23.3 Å². The summed E-state index contributed by atoms with van der Waals surface area (Å²) in [5.74, 6) is -0.0186. The molecule has 1 amide bonds. The molecule has 1 aliphatic heterocycles. The number of halogens is 1. The number of rotatable bonds is 6. The molecule has 1 aliphatic rings. The highest BCUT2D eigenvalue weighted by Crippen LogP contribution is 2.33. The molecule has 1 fully saturated rings. The molecule has 5 nitrogen and oxygen atoms in total. The van der Waals surface area contributed by atoms with Crippen LogP contribution in [0.1, 0.15) is 35.2 Å². The lowest BCUT2D eigenvalue weighted by molar-refractivity contribution is 0.102. The van der Waals surface area contributed by atoms with E-state index in [1.807, 2.05) is 48.5 Å². The molecule has 2 heterocycles. The van der Waals surface area contributed by atoms with Gasteiger partial charge in [0.05, 0.1) is 0 Å². The molecule has 1 N–H and O–H groups in total. The minimum atomic E-state index is -0.405. The van der Waals surface area contributed by atoms with Crippen LogP contribution in [0.4, 0.5) is 15.8 Å². The summed E-state index contributed by atoms with van der Waals surface area (Å²) in [4.78, 5) is 19.3. The molecule has 0 aliphatic carbocycles. The van der Waals surface area contributed by atoms with Gasteiger partial charge in [-0.2, -0.15) is 0 Å². The first-order chi connectivity index (χ1) is 16.7. The van der Waals surface area contributed by atoms with Crippen LogP contribution in [0.25, 0.3) is 10.8 Å². The molecule has 4 aromatic rings. The maximum Gasteiger partial charge on any atom is 0.255 e. The van der Waals surface area contributed by atoms with E-state index in [2.05, 4.69) is 15.2 Å². The third kappa shape index (κ3) is 4.86. The van der Waals surface area contributed by atoms with Crippen molar-refractivity contribution in [2.24, 2.45) is 0 Å². The normalized spacial score (nSPS) is 13.6. The van der Waals surface area contributed by atoms with E-state index in [1.54, 1.807) is 18.5 Å². The first-order valence-electron chi connectivity index (χ1n) is 11.6. The summed E-state index contributed by atoms with van der Waals surface area (Å²) in [5, 5.41) is 4.72. The standard InChI is InChI=1S/C28H26FN3O2/c29-22-16-21(17-23(18-22)32-14-4-1-5-15-32)28(33)31-26-8-9-27(25-7-3-2-6-24(25)26)34-19-20-10-12-30-13-11-20/h2-3,6-13,16-18H,1,4-5,14-15,19H2,(H,31,33). The molecule has 0 saturated carbocycles. The molecule has 0 spiro atoms. The summed E-state index contributed by atoms with van der Waals surface area (Å²) in [5.41, 5.74) is 2.74. The van der Waals surface area contributed by atoms with Crippen LogP contribution >= 0.6 is 0 Å². The second kappa shape index (κ2) is 9.91. The second-order valence-electron chi connectivity index (χ2n) is 8.50. The van der Waals surface area contributed by atoms with Crippen LogP contribution in [0.15, 0.2) is 79.1 Å². The van der Waals surface area contributed by atoms with Crippen LogP contribution in [0, 0.1) is 5.82 Å². The monoisotopic (exact) mass is 455 g/mol. The summed E-state index contributed by atoms with van der Waals surface area (Å²) in [7, 11) is 0. The van der Waals surface area contributed by atoms with Crippen molar-refractivity contribution in [3.8, 4) is 5.75 Å². The number of nitrogens with zero attached hydrogens (tertiary/aromatic N) is 2. The maximum absolute atomic E-state index is 14.4. The molecular weight excluding hydrogens is 429 g/mol. The first kappa shape index (κ1) is 21.9. The molecule has 3 aromatic carbocycles. The van der Waals surface area contributed by atoms with Gasteiger partial charge in [0, 0.05) is 53.2 Å². The van der Waals surface area contributed by atoms with E-state index in [0.717, 1.165) is 53.7 Å². The van der Waals surface area contributed by atoms with Crippen molar-refractivity contribution in [2.45, 2.75) is 25.9 Å². The number of amides is 1. The Morgan fingerprint density at radius 1 is 0.941 bits per heavy atom. The Bertz CT molecular complexity index is 1300. The predicted molar refractivity (Wildman–Crippen MR) is 133 cm³/mol. The molecular formula is C28H26FN3O2. The number of piperidine rings is 1. The minimum absolute atomic E-state index is 0.308. The Kier molecular flexibility index (Phi) is 6.38. The Morgan fingerprint density at radius 3 is 2.50 bits per heavy atom. The van der Waals surface area contributed by atoms with Gasteiger partial charge in [0.1, 0.15) is 18.2 Å². The van der Waals surface area contributed by atoms with E-state index in [1.165, 1.54) is 18.6 Å². The van der Waals surface area contributed by atoms with Gasteiger partial charge < -0.3 is 15.0 Å². The number of hydrogen-bond donors (Lipinski definition) is 1. The molecule has 172 valence electrons. The Morgan fingerprint density at radius 2 is 1.71 bits per heavy atom. The highest BCUT2D eigenvalue weighted by Gasteiger charge is 2.16. The molecule has 0 unspecified atom stereocenters.